The van der Waals surface area contributed by atoms with Crippen molar-refractivity contribution in [1.82, 2.24) is 10.2 Å². The maximum Gasteiger partial charge on any atom is 0.238 e. The molecule has 0 saturated carbocycles. The monoisotopic (exact) mass is 420 g/mol. The molecule has 0 aromatic heterocycles. The summed E-state index contributed by atoms with van der Waals surface area (Å²) >= 11 is 6.08. The molecule has 1 aliphatic heterocycles. The normalized spacial score (nSPS) is 16.5. The van der Waals surface area contributed by atoms with Crippen molar-refractivity contribution in [2.24, 2.45) is 5.14 Å². The molecular formula is C19H21ClN4O3S. The predicted molar refractivity (Wildman–Crippen MR) is 110 cm³/mol. The van der Waals surface area contributed by atoms with Crippen LogP contribution in [0.25, 0.3) is 5.70 Å². The van der Waals surface area contributed by atoms with Gasteiger partial charge in [-0.2, -0.15) is 0 Å². The largest absolute Gasteiger partial charge is 0.364 e. The lowest BCUT2D eigenvalue weighted by Crippen LogP contribution is -2.30. The van der Waals surface area contributed by atoms with E-state index >= 15 is 0 Å². The van der Waals surface area contributed by atoms with E-state index in [0.717, 1.165) is 0 Å². The van der Waals surface area contributed by atoms with Gasteiger partial charge < -0.3 is 15.5 Å². The van der Waals surface area contributed by atoms with Gasteiger partial charge in [-0.25, -0.2) is 13.6 Å². The average Bonchev–Trinajstić information content (AvgIpc) is 2.95. The van der Waals surface area contributed by atoms with E-state index in [4.69, 9.17) is 16.7 Å². The number of carbonyl (C=O) groups excluding carboxylic acids is 1. The minimum absolute atomic E-state index is 0.0262. The zero-order valence-corrected chi connectivity index (χ0v) is 17.0. The number of halogens is 1. The number of benzene rings is 2. The van der Waals surface area contributed by atoms with Crippen LogP contribution in [-0.2, 0) is 21.2 Å². The lowest BCUT2D eigenvalue weighted by atomic mass is 10.1. The van der Waals surface area contributed by atoms with Crippen LogP contribution in [0.15, 0.2) is 53.6 Å². The summed E-state index contributed by atoms with van der Waals surface area (Å²) in [4.78, 5) is 14.2. The Labute approximate surface area is 169 Å². The zero-order valence-electron chi connectivity index (χ0n) is 15.4. The summed E-state index contributed by atoms with van der Waals surface area (Å²) < 4.78 is 24.3. The van der Waals surface area contributed by atoms with Crippen LogP contribution in [0.5, 0.6) is 0 Å². The molecule has 0 spiro atoms. The quantitative estimate of drug-likeness (QED) is 0.688. The minimum atomic E-state index is -4.00. The summed E-state index contributed by atoms with van der Waals surface area (Å²) in [6.07, 6.45) is 1.91. The van der Waals surface area contributed by atoms with Crippen LogP contribution in [0.3, 0.4) is 0 Å². The number of nitrogens with zero attached hydrogens (tertiary/aromatic N) is 1. The molecule has 0 saturated heterocycles. The van der Waals surface area contributed by atoms with Gasteiger partial charge in [-0.3, -0.25) is 4.79 Å². The summed E-state index contributed by atoms with van der Waals surface area (Å²) in [6.45, 7) is 1.95. The molecular weight excluding hydrogens is 400 g/mol. The van der Waals surface area contributed by atoms with Crippen molar-refractivity contribution in [3.63, 3.8) is 0 Å². The molecule has 2 aromatic rings. The Morgan fingerprint density at radius 1 is 1.29 bits per heavy atom. The van der Waals surface area contributed by atoms with Crippen molar-refractivity contribution in [2.75, 3.05) is 12.4 Å². The maximum atomic E-state index is 12.3. The third-order valence-corrected chi connectivity index (χ3v) is 5.80. The topological polar surface area (TPSA) is 105 Å². The van der Waals surface area contributed by atoms with E-state index in [1.165, 1.54) is 6.07 Å². The number of nitrogens with two attached hydrogens (primary N) is 1. The number of amides is 1. The molecule has 1 amide bonds. The van der Waals surface area contributed by atoms with Crippen LogP contribution in [-0.4, -0.2) is 32.4 Å². The summed E-state index contributed by atoms with van der Waals surface area (Å²) in [5, 5.41) is 11.8. The lowest BCUT2D eigenvalue weighted by Gasteiger charge is -2.16. The van der Waals surface area contributed by atoms with Crippen LogP contribution in [0.4, 0.5) is 5.69 Å². The summed E-state index contributed by atoms with van der Waals surface area (Å²) in [5.41, 5.74) is 2.11. The maximum absolute atomic E-state index is 12.3. The Morgan fingerprint density at radius 3 is 2.61 bits per heavy atom. The first-order chi connectivity index (χ1) is 13.1. The van der Waals surface area contributed by atoms with Crippen molar-refractivity contribution in [1.29, 1.82) is 0 Å². The van der Waals surface area contributed by atoms with Gasteiger partial charge in [0.05, 0.1) is 23.2 Å². The van der Waals surface area contributed by atoms with Crippen LogP contribution < -0.4 is 15.8 Å². The number of carbonyl (C=O) groups is 1. The second-order valence-corrected chi connectivity index (χ2v) is 8.54. The zero-order chi connectivity index (χ0) is 20.5. The molecule has 1 atom stereocenters. The number of rotatable bonds is 5. The molecule has 148 valence electrons. The molecule has 2 aromatic carbocycles. The van der Waals surface area contributed by atoms with Gasteiger partial charge in [0.2, 0.25) is 15.9 Å². The van der Waals surface area contributed by atoms with Gasteiger partial charge in [-0.15, -0.1) is 0 Å². The summed E-state index contributed by atoms with van der Waals surface area (Å²) in [7, 11) is -2.12. The SMILES string of the molecule is CC1NC(c2ccc(NC(=O)Cc3ccccc3Cl)cc2S(N)(=O)=O)=CN1C. The van der Waals surface area contributed by atoms with E-state index in [-0.39, 0.29) is 23.4 Å². The van der Waals surface area contributed by atoms with Crippen molar-refractivity contribution in [2.45, 2.75) is 24.4 Å². The number of primary sulfonamides is 1. The Balaban J connectivity index is 1.86. The molecule has 0 radical (unpaired) electrons. The number of nitrogens with one attached hydrogen (secondary N) is 2. The van der Waals surface area contributed by atoms with E-state index in [1.807, 2.05) is 25.1 Å². The summed E-state index contributed by atoms with van der Waals surface area (Å²) in [5.74, 6) is -0.312. The Morgan fingerprint density at radius 2 is 2.00 bits per heavy atom. The fraction of sp³-hybridized carbons (Fsp3) is 0.211. The second kappa shape index (κ2) is 7.83. The highest BCUT2D eigenvalue weighted by Crippen LogP contribution is 2.28. The van der Waals surface area contributed by atoms with Crippen molar-refractivity contribution in [3.8, 4) is 0 Å². The number of sulfonamides is 1. The summed E-state index contributed by atoms with van der Waals surface area (Å²) in [6, 6.07) is 11.7. The lowest BCUT2D eigenvalue weighted by molar-refractivity contribution is -0.115. The van der Waals surface area contributed by atoms with E-state index in [2.05, 4.69) is 10.6 Å². The van der Waals surface area contributed by atoms with Crippen LogP contribution >= 0.6 is 11.6 Å². The number of anilines is 1. The third kappa shape index (κ3) is 4.46. The van der Waals surface area contributed by atoms with Crippen LogP contribution in [0.1, 0.15) is 18.1 Å². The molecule has 28 heavy (non-hydrogen) atoms. The van der Waals surface area contributed by atoms with Gasteiger partial charge in [0, 0.05) is 29.5 Å². The molecule has 9 heteroatoms. The highest BCUT2D eigenvalue weighted by atomic mass is 35.5. The third-order valence-electron chi connectivity index (χ3n) is 4.48. The Hall–Kier alpha value is -2.55. The first kappa shape index (κ1) is 20.2. The van der Waals surface area contributed by atoms with Crippen LogP contribution in [0.2, 0.25) is 5.02 Å². The predicted octanol–water partition coefficient (Wildman–Crippen LogP) is 2.35. The molecule has 0 bridgehead atoms. The Kier molecular flexibility index (Phi) is 5.64. The van der Waals surface area contributed by atoms with E-state index < -0.39 is 10.0 Å². The van der Waals surface area contributed by atoms with E-state index in [9.17, 15) is 13.2 Å². The van der Waals surface area contributed by atoms with Crippen molar-refractivity contribution < 1.29 is 13.2 Å². The molecule has 1 heterocycles. The molecule has 4 N–H and O–H groups in total. The smallest absolute Gasteiger partial charge is 0.238 e. The number of hydrogen-bond acceptors (Lipinski definition) is 5. The molecule has 0 aliphatic carbocycles. The van der Waals surface area contributed by atoms with Gasteiger partial charge in [0.15, 0.2) is 0 Å². The minimum Gasteiger partial charge on any atom is -0.364 e. The van der Waals surface area contributed by atoms with E-state index in [0.29, 0.717) is 27.5 Å². The second-order valence-electron chi connectivity index (χ2n) is 6.60. The first-order valence-corrected chi connectivity index (χ1v) is 10.5. The van der Waals surface area contributed by atoms with Gasteiger partial charge in [0.1, 0.15) is 0 Å². The van der Waals surface area contributed by atoms with Gasteiger partial charge in [-0.05, 0) is 36.8 Å². The molecule has 0 fully saturated rings. The highest BCUT2D eigenvalue weighted by molar-refractivity contribution is 7.89. The molecule has 7 nitrogen and oxygen atoms in total. The van der Waals surface area contributed by atoms with Crippen LogP contribution in [0, 0.1) is 0 Å². The fourth-order valence-corrected chi connectivity index (χ4v) is 3.88. The molecule has 1 unspecified atom stereocenters. The standard InChI is InChI=1S/C19H21ClN4O3S/c1-12-22-17(11-24(12)2)15-8-7-14(10-18(15)28(21,26)27)23-19(25)9-13-5-3-4-6-16(13)20/h3-8,10-12,22H,9H2,1-2H3,(H,23,25)(H2,21,26,27). The van der Waals surface area contributed by atoms with Gasteiger partial charge >= 0.3 is 0 Å². The number of hydrogen-bond donors (Lipinski definition) is 3. The van der Waals surface area contributed by atoms with Crippen molar-refractivity contribution in [3.05, 3.63) is 64.8 Å². The molecule has 3 rings (SSSR count). The fourth-order valence-electron chi connectivity index (χ4n) is 2.90. The van der Waals surface area contributed by atoms with Gasteiger partial charge in [0.25, 0.3) is 0 Å². The average molecular weight is 421 g/mol. The Bertz CT molecular complexity index is 1050. The van der Waals surface area contributed by atoms with Gasteiger partial charge in [-0.1, -0.05) is 29.8 Å². The highest BCUT2D eigenvalue weighted by Gasteiger charge is 2.23. The first-order valence-electron chi connectivity index (χ1n) is 8.56. The van der Waals surface area contributed by atoms with Crippen molar-refractivity contribution >= 4 is 38.9 Å². The molecule has 1 aliphatic rings. The van der Waals surface area contributed by atoms with E-state index in [1.54, 1.807) is 36.4 Å².